The molecule has 0 aliphatic carbocycles. The van der Waals surface area contributed by atoms with Gasteiger partial charge in [0.05, 0.1) is 0 Å². The molecule has 2 amide bonds. The number of fused-ring (bicyclic) bond motifs is 1. The number of carbonyl (C=O) groups excluding carboxylic acids is 2. The zero-order valence-electron chi connectivity index (χ0n) is 24.9. The number of halogens is 2. The third-order valence-corrected chi connectivity index (χ3v) is 6.24. The summed E-state index contributed by atoms with van der Waals surface area (Å²) in [5.41, 5.74) is -0.105. The van der Waals surface area contributed by atoms with Gasteiger partial charge in [-0.3, -0.25) is 4.79 Å². The average molecular weight is 582 g/mol. The van der Waals surface area contributed by atoms with E-state index in [1.165, 1.54) is 26.1 Å². The van der Waals surface area contributed by atoms with Crippen LogP contribution >= 0.6 is 0 Å². The van der Waals surface area contributed by atoms with Crippen LogP contribution in [0.5, 0.6) is 0 Å². The van der Waals surface area contributed by atoms with Crippen molar-refractivity contribution in [2.75, 3.05) is 17.2 Å². The Kier molecular flexibility index (Phi) is 8.65. The fraction of sp³-hybridized carbons (Fsp3) is 0.433. The minimum Gasteiger partial charge on any atom is -0.444 e. The van der Waals surface area contributed by atoms with Gasteiger partial charge >= 0.3 is 6.09 Å². The summed E-state index contributed by atoms with van der Waals surface area (Å²) >= 11 is 0. The number of hydrogen-bond acceptors (Lipinski definition) is 8. The van der Waals surface area contributed by atoms with E-state index in [9.17, 15) is 18.4 Å². The molecular formula is C30H37F2N7O3. The van der Waals surface area contributed by atoms with Crippen molar-refractivity contribution >= 4 is 35.3 Å². The first-order valence-electron chi connectivity index (χ1n) is 13.8. The monoisotopic (exact) mass is 581 g/mol. The molecule has 10 nitrogen and oxygen atoms in total. The second-order valence-corrected chi connectivity index (χ2v) is 12.0. The maximum absolute atomic E-state index is 14.6. The van der Waals surface area contributed by atoms with E-state index >= 15 is 0 Å². The van der Waals surface area contributed by atoms with Gasteiger partial charge in [0.2, 0.25) is 5.95 Å². The lowest BCUT2D eigenvalue weighted by Crippen LogP contribution is -2.39. The minimum absolute atomic E-state index is 0.0985. The van der Waals surface area contributed by atoms with Crippen LogP contribution in [-0.4, -0.2) is 50.0 Å². The third-order valence-electron chi connectivity index (χ3n) is 6.24. The molecule has 3 heterocycles. The zero-order valence-corrected chi connectivity index (χ0v) is 24.9. The summed E-state index contributed by atoms with van der Waals surface area (Å²) < 4.78 is 34.4. The van der Waals surface area contributed by atoms with E-state index in [1.807, 2.05) is 52.8 Å². The molecule has 0 unspecified atom stereocenters. The van der Waals surface area contributed by atoms with Gasteiger partial charge in [-0.05, 0) is 90.3 Å². The maximum Gasteiger partial charge on any atom is 0.410 e. The Morgan fingerprint density at radius 3 is 2.43 bits per heavy atom. The number of hydrogen-bond donors (Lipinski definition) is 3. The summed E-state index contributed by atoms with van der Waals surface area (Å²) in [6.07, 6.45) is 1.69. The van der Waals surface area contributed by atoms with Crippen molar-refractivity contribution < 1.29 is 23.1 Å². The summed E-state index contributed by atoms with van der Waals surface area (Å²) in [6, 6.07) is 8.07. The van der Waals surface area contributed by atoms with Crippen LogP contribution in [0.25, 0.3) is 0 Å². The molecule has 1 aliphatic heterocycles. The molecule has 3 N–H and O–H groups in total. The van der Waals surface area contributed by atoms with E-state index in [0.717, 1.165) is 17.2 Å². The van der Waals surface area contributed by atoms with Crippen molar-refractivity contribution in [1.29, 1.82) is 0 Å². The first kappa shape index (κ1) is 30.6. The van der Waals surface area contributed by atoms with Crippen LogP contribution in [0.1, 0.15) is 75.6 Å². The lowest BCUT2D eigenvalue weighted by Gasteiger charge is -2.31. The highest BCUT2D eigenvalue weighted by atomic mass is 19.1. The molecule has 0 spiro atoms. The maximum atomic E-state index is 14.6. The lowest BCUT2D eigenvalue weighted by atomic mass is 9.99. The first-order valence-corrected chi connectivity index (χ1v) is 13.8. The van der Waals surface area contributed by atoms with Gasteiger partial charge in [0, 0.05) is 31.0 Å². The number of amides is 2. The van der Waals surface area contributed by atoms with E-state index in [2.05, 4.69) is 30.9 Å². The topological polar surface area (TPSA) is 121 Å². The highest BCUT2D eigenvalue weighted by Gasteiger charge is 2.27. The lowest BCUT2D eigenvalue weighted by molar-refractivity contribution is 0.0224. The first-order chi connectivity index (χ1) is 19.6. The van der Waals surface area contributed by atoms with Gasteiger partial charge in [-0.25, -0.2) is 23.5 Å². The summed E-state index contributed by atoms with van der Waals surface area (Å²) in [4.78, 5) is 40.1. The molecule has 2 aromatic heterocycles. The SMILES string of the molecule is CC(C)NC(=O)c1cnc(Nc2ccc3c(c2)CN(C(=O)OC(C)(C)C)CC3)nc1Nc1ccc(F)c(C(C)(C)F)n1. The number of benzene rings is 1. The Balaban J connectivity index is 1.61. The molecule has 1 aromatic carbocycles. The number of ether oxygens (including phenoxy) is 1. The molecule has 1 aliphatic rings. The Morgan fingerprint density at radius 2 is 1.76 bits per heavy atom. The fourth-order valence-corrected chi connectivity index (χ4v) is 4.34. The van der Waals surface area contributed by atoms with Gasteiger partial charge in [-0.1, -0.05) is 6.07 Å². The molecule has 0 fully saturated rings. The summed E-state index contributed by atoms with van der Waals surface area (Å²) in [7, 11) is 0. The van der Waals surface area contributed by atoms with Crippen LogP contribution in [0.15, 0.2) is 36.5 Å². The number of rotatable bonds is 7. The van der Waals surface area contributed by atoms with Crippen LogP contribution in [-0.2, 0) is 23.4 Å². The number of nitrogens with zero attached hydrogens (tertiary/aromatic N) is 4. The van der Waals surface area contributed by atoms with Crippen molar-refractivity contribution in [3.63, 3.8) is 0 Å². The minimum atomic E-state index is -2.02. The number of anilines is 4. The van der Waals surface area contributed by atoms with Crippen LogP contribution in [0.4, 0.5) is 36.8 Å². The Labute approximate surface area is 244 Å². The van der Waals surface area contributed by atoms with Crippen LogP contribution in [0, 0.1) is 5.82 Å². The van der Waals surface area contributed by atoms with E-state index < -0.39 is 23.0 Å². The molecule has 3 aromatic rings. The molecule has 0 bridgehead atoms. The van der Waals surface area contributed by atoms with E-state index in [4.69, 9.17) is 4.74 Å². The van der Waals surface area contributed by atoms with Crippen LogP contribution in [0.2, 0.25) is 0 Å². The van der Waals surface area contributed by atoms with Gasteiger partial charge in [0.1, 0.15) is 40.0 Å². The van der Waals surface area contributed by atoms with Crippen molar-refractivity contribution in [2.24, 2.45) is 0 Å². The van der Waals surface area contributed by atoms with Crippen LogP contribution in [0.3, 0.4) is 0 Å². The van der Waals surface area contributed by atoms with E-state index in [-0.39, 0.29) is 41.0 Å². The normalized spacial score (nSPS) is 13.4. The molecule has 0 saturated heterocycles. The Hall–Kier alpha value is -4.35. The highest BCUT2D eigenvalue weighted by molar-refractivity contribution is 5.99. The molecule has 42 heavy (non-hydrogen) atoms. The second kappa shape index (κ2) is 11.9. The van der Waals surface area contributed by atoms with Crippen molar-refractivity contribution in [3.8, 4) is 0 Å². The molecule has 4 rings (SSSR count). The Morgan fingerprint density at radius 1 is 1.02 bits per heavy atom. The zero-order chi connectivity index (χ0) is 30.8. The average Bonchev–Trinajstić information content (AvgIpc) is 2.87. The van der Waals surface area contributed by atoms with Gasteiger partial charge in [0.15, 0.2) is 0 Å². The molecule has 224 valence electrons. The van der Waals surface area contributed by atoms with Gasteiger partial charge in [0.25, 0.3) is 5.91 Å². The van der Waals surface area contributed by atoms with Crippen molar-refractivity contribution in [3.05, 3.63) is 64.7 Å². The summed E-state index contributed by atoms with van der Waals surface area (Å²) in [6.45, 7) is 12.5. The Bertz CT molecular complexity index is 1480. The molecule has 0 radical (unpaired) electrons. The van der Waals surface area contributed by atoms with Crippen molar-refractivity contribution in [2.45, 2.75) is 78.7 Å². The number of pyridine rings is 1. The summed E-state index contributed by atoms with van der Waals surface area (Å²) in [5, 5.41) is 8.87. The quantitative estimate of drug-likeness (QED) is 0.305. The smallest absolute Gasteiger partial charge is 0.410 e. The van der Waals surface area contributed by atoms with E-state index in [1.54, 1.807) is 4.90 Å². The molecular weight excluding hydrogens is 544 g/mol. The predicted molar refractivity (Wildman–Crippen MR) is 156 cm³/mol. The molecule has 12 heteroatoms. The van der Waals surface area contributed by atoms with Crippen LogP contribution < -0.4 is 16.0 Å². The molecule has 0 atom stereocenters. The summed E-state index contributed by atoms with van der Waals surface area (Å²) in [5.74, 6) is -0.832. The third kappa shape index (κ3) is 7.68. The van der Waals surface area contributed by atoms with Gasteiger partial charge < -0.3 is 25.6 Å². The van der Waals surface area contributed by atoms with Gasteiger partial charge in [-0.15, -0.1) is 0 Å². The predicted octanol–water partition coefficient (Wildman–Crippen LogP) is 6.13. The van der Waals surface area contributed by atoms with Crippen molar-refractivity contribution in [1.82, 2.24) is 25.2 Å². The number of alkyl halides is 1. The number of carbonyl (C=O) groups is 2. The molecule has 0 saturated carbocycles. The number of aromatic nitrogens is 3. The second-order valence-electron chi connectivity index (χ2n) is 12.0. The van der Waals surface area contributed by atoms with Gasteiger partial charge in [-0.2, -0.15) is 4.98 Å². The standard InChI is InChI=1S/C30H37F2N7O3/c1-17(2)34-26(40)21-15-33-27(38-25(21)37-23-11-10-22(31)24(36-23)30(6,7)32)35-20-9-8-18-12-13-39(16-19(18)14-20)28(41)42-29(3,4)5/h8-11,14-15,17H,12-13,16H2,1-7H3,(H,34,40)(H2,33,35,36,37,38). The highest BCUT2D eigenvalue weighted by Crippen LogP contribution is 2.29. The van der Waals surface area contributed by atoms with E-state index in [0.29, 0.717) is 25.2 Å². The number of nitrogens with one attached hydrogen (secondary N) is 3. The fourth-order valence-electron chi connectivity index (χ4n) is 4.34. The largest absolute Gasteiger partial charge is 0.444 e.